The molecule has 2 aromatic carbocycles. The Bertz CT molecular complexity index is 1300. The highest BCUT2D eigenvalue weighted by atomic mass is 19.1. The Kier molecular flexibility index (Phi) is 9.30. The summed E-state index contributed by atoms with van der Waals surface area (Å²) in [6, 6.07) is 11.7. The molecule has 0 aliphatic carbocycles. The van der Waals surface area contributed by atoms with Crippen molar-refractivity contribution >= 4 is 11.7 Å². The highest BCUT2D eigenvalue weighted by Crippen LogP contribution is 2.20. The second kappa shape index (κ2) is 13.2. The van der Waals surface area contributed by atoms with Crippen LogP contribution in [0.25, 0.3) is 0 Å². The molecule has 1 amide bonds. The smallest absolute Gasteiger partial charge is 0.326 e. The molecule has 11 heteroatoms. The fourth-order valence-electron chi connectivity index (χ4n) is 3.75. The van der Waals surface area contributed by atoms with Crippen LogP contribution in [0, 0.1) is 5.82 Å². The average Bonchev–Trinajstić information content (AvgIpc) is 2.97. The monoisotopic (exact) mass is 534 g/mol. The number of nitrogens with zero attached hydrogens (tertiary/aromatic N) is 4. The molecule has 10 nitrogen and oxygen atoms in total. The summed E-state index contributed by atoms with van der Waals surface area (Å²) in [6.07, 6.45) is 2.59. The third-order valence-corrected chi connectivity index (χ3v) is 5.57. The zero-order chi connectivity index (χ0) is 27.6. The summed E-state index contributed by atoms with van der Waals surface area (Å²) >= 11 is 0. The minimum Gasteiger partial charge on any atom is -0.460 e. The van der Waals surface area contributed by atoms with Crippen molar-refractivity contribution in [2.24, 2.45) is 0 Å². The quantitative estimate of drug-likeness (QED) is 0.255. The first-order chi connectivity index (χ1) is 19.0. The zero-order valence-electron chi connectivity index (χ0n) is 21.1. The summed E-state index contributed by atoms with van der Waals surface area (Å²) in [5.41, 5.74) is 0.770. The van der Waals surface area contributed by atoms with E-state index in [4.69, 9.17) is 18.9 Å². The van der Waals surface area contributed by atoms with Gasteiger partial charge < -0.3 is 23.8 Å². The van der Waals surface area contributed by atoms with Gasteiger partial charge in [0, 0.05) is 17.7 Å². The molecule has 1 saturated heterocycles. The second-order valence-electron chi connectivity index (χ2n) is 8.32. The van der Waals surface area contributed by atoms with Crippen LogP contribution >= 0.6 is 0 Å². The Balaban J connectivity index is 1.44. The molecule has 1 aromatic heterocycles. The molecule has 2 heterocycles. The minimum atomic E-state index is -0.491. The van der Waals surface area contributed by atoms with E-state index in [-0.39, 0.29) is 79.4 Å². The molecule has 1 unspecified atom stereocenters. The van der Waals surface area contributed by atoms with E-state index in [0.717, 1.165) is 0 Å². The number of ether oxygens (including phenoxy) is 4. The summed E-state index contributed by atoms with van der Waals surface area (Å²) in [7, 11) is 0. The Hall–Kier alpha value is -4.64. The zero-order valence-corrected chi connectivity index (χ0v) is 21.1. The molecule has 1 atom stereocenters. The van der Waals surface area contributed by atoms with E-state index in [0.29, 0.717) is 6.54 Å². The molecule has 0 bridgehead atoms. The van der Waals surface area contributed by atoms with E-state index in [2.05, 4.69) is 28.1 Å². The molecule has 39 heavy (non-hydrogen) atoms. The molecule has 1 fully saturated rings. The first kappa shape index (κ1) is 27.4. The van der Waals surface area contributed by atoms with E-state index in [1.165, 1.54) is 24.3 Å². The van der Waals surface area contributed by atoms with Gasteiger partial charge >= 0.3 is 18.0 Å². The molecule has 4 rings (SSSR count). The van der Waals surface area contributed by atoms with Crippen molar-refractivity contribution in [2.75, 3.05) is 39.5 Å². The van der Waals surface area contributed by atoms with Gasteiger partial charge in [-0.2, -0.15) is 0 Å². The molecule has 0 saturated carbocycles. The van der Waals surface area contributed by atoms with Gasteiger partial charge in [-0.25, -0.2) is 4.39 Å². The number of morpholine rings is 1. The Morgan fingerprint density at radius 2 is 1.51 bits per heavy atom. The van der Waals surface area contributed by atoms with E-state index < -0.39 is 11.9 Å². The third kappa shape index (κ3) is 7.23. The first-order valence-corrected chi connectivity index (χ1v) is 12.1. The van der Waals surface area contributed by atoms with Crippen LogP contribution in [0.4, 0.5) is 4.39 Å². The van der Waals surface area contributed by atoms with Gasteiger partial charge in [0.05, 0.1) is 18.7 Å². The van der Waals surface area contributed by atoms with Crippen molar-refractivity contribution in [3.63, 3.8) is 0 Å². The number of rotatable bonds is 12. The Labute approximate surface area is 224 Å². The molecule has 1 aliphatic heterocycles. The van der Waals surface area contributed by atoms with Crippen LogP contribution in [0.5, 0.6) is 18.0 Å². The number of aromatic nitrogens is 3. The van der Waals surface area contributed by atoms with Gasteiger partial charge in [-0.1, -0.05) is 43.5 Å². The van der Waals surface area contributed by atoms with Crippen molar-refractivity contribution in [1.82, 2.24) is 19.9 Å². The molecule has 0 N–H and O–H groups in total. The van der Waals surface area contributed by atoms with E-state index in [9.17, 15) is 14.0 Å². The maximum Gasteiger partial charge on any atom is 0.326 e. The largest absolute Gasteiger partial charge is 0.460 e. The maximum absolute atomic E-state index is 13.5. The molecular weight excluding hydrogens is 507 g/mol. The summed E-state index contributed by atoms with van der Waals surface area (Å²) in [6.45, 7) is 8.39. The number of hydrogen-bond donors (Lipinski definition) is 0. The van der Waals surface area contributed by atoms with Crippen LogP contribution in [0.3, 0.4) is 0 Å². The topological polar surface area (TPSA) is 113 Å². The highest BCUT2D eigenvalue weighted by Gasteiger charge is 2.28. The van der Waals surface area contributed by atoms with Crippen molar-refractivity contribution in [2.45, 2.75) is 6.10 Å². The predicted molar refractivity (Wildman–Crippen MR) is 139 cm³/mol. The second-order valence-corrected chi connectivity index (χ2v) is 8.32. The lowest BCUT2D eigenvalue weighted by atomic mass is 9.97. The molecule has 3 aromatic rings. The number of carbonyl (C=O) groups is 2. The van der Waals surface area contributed by atoms with Gasteiger partial charge in [-0.15, -0.1) is 15.0 Å². The summed E-state index contributed by atoms with van der Waals surface area (Å²) in [5, 5.41) is 0. The maximum atomic E-state index is 13.5. The van der Waals surface area contributed by atoms with Gasteiger partial charge in [0.25, 0.3) is 5.91 Å². The Morgan fingerprint density at radius 3 is 2.13 bits per heavy atom. The van der Waals surface area contributed by atoms with Crippen molar-refractivity contribution in [1.29, 1.82) is 0 Å². The Morgan fingerprint density at radius 1 is 0.923 bits per heavy atom. The summed E-state index contributed by atoms with van der Waals surface area (Å²) in [4.78, 5) is 40.4. The van der Waals surface area contributed by atoms with Crippen LogP contribution < -0.4 is 14.2 Å². The highest BCUT2D eigenvalue weighted by molar-refractivity contribution is 6.15. The van der Waals surface area contributed by atoms with Crippen molar-refractivity contribution in [3.8, 4) is 18.0 Å². The summed E-state index contributed by atoms with van der Waals surface area (Å²) in [5.74, 6) is -1.14. The average molecular weight is 535 g/mol. The van der Waals surface area contributed by atoms with E-state index in [1.54, 1.807) is 41.3 Å². The van der Waals surface area contributed by atoms with Crippen molar-refractivity contribution in [3.05, 3.63) is 96.3 Å². The number of ketones is 1. The number of halogens is 1. The van der Waals surface area contributed by atoms with E-state index in [1.807, 2.05) is 0 Å². The van der Waals surface area contributed by atoms with Crippen LogP contribution in [0.2, 0.25) is 0 Å². The number of amides is 1. The van der Waals surface area contributed by atoms with Gasteiger partial charge in [-0.3, -0.25) is 9.59 Å². The molecule has 0 spiro atoms. The van der Waals surface area contributed by atoms with Gasteiger partial charge in [0.1, 0.15) is 31.7 Å². The third-order valence-electron chi connectivity index (χ3n) is 5.57. The first-order valence-electron chi connectivity index (χ1n) is 12.1. The molecule has 202 valence electrons. The van der Waals surface area contributed by atoms with Crippen LogP contribution in [-0.2, 0) is 4.74 Å². The van der Waals surface area contributed by atoms with Crippen molar-refractivity contribution < 1.29 is 32.9 Å². The lowest BCUT2D eigenvalue weighted by Gasteiger charge is -2.33. The lowest BCUT2D eigenvalue weighted by molar-refractivity contribution is -0.0415. The number of benzene rings is 2. The molecule has 1 aliphatic rings. The lowest BCUT2D eigenvalue weighted by Crippen LogP contribution is -2.48. The molecule has 0 radical (unpaired) electrons. The number of hydrogen-bond acceptors (Lipinski definition) is 9. The SMILES string of the molecule is C=CCOc1nc(OCC=C)nc(OCC2CN(C(=O)c3ccccc3C(=O)c3ccc(F)cc3)CCO2)n1. The fourth-order valence-corrected chi connectivity index (χ4v) is 3.75. The van der Waals surface area contributed by atoms with Crippen LogP contribution in [-0.4, -0.2) is 77.2 Å². The van der Waals surface area contributed by atoms with Gasteiger partial charge in [-0.05, 0) is 30.3 Å². The fraction of sp³-hybridized carbons (Fsp3) is 0.250. The minimum absolute atomic E-state index is 0.00255. The number of carbonyl (C=O) groups excluding carboxylic acids is 2. The molecular formula is C28H27FN4O6. The van der Waals surface area contributed by atoms with E-state index >= 15 is 0 Å². The van der Waals surface area contributed by atoms with Crippen LogP contribution in [0.1, 0.15) is 26.3 Å². The summed E-state index contributed by atoms with van der Waals surface area (Å²) < 4.78 is 35.6. The normalized spacial score (nSPS) is 14.8. The van der Waals surface area contributed by atoms with Gasteiger partial charge in [0.2, 0.25) is 0 Å². The predicted octanol–water partition coefficient (Wildman–Crippen LogP) is 3.29. The standard InChI is InChI=1S/C28H27FN4O6/c1-3-14-37-26-30-27(38-15-4-2)32-28(31-26)39-18-21-17-33(13-16-36-21)25(35)23-8-6-5-7-22(23)24(34)19-9-11-20(29)12-10-19/h3-12,21H,1-2,13-18H2. The van der Waals surface area contributed by atoms with Crippen LogP contribution in [0.15, 0.2) is 73.8 Å². The van der Waals surface area contributed by atoms with Gasteiger partial charge in [0.15, 0.2) is 5.78 Å².